The van der Waals surface area contributed by atoms with E-state index in [-0.39, 0.29) is 17.6 Å². The number of thioether (sulfide) groups is 1. The van der Waals surface area contributed by atoms with Crippen LogP contribution >= 0.6 is 11.8 Å². The Morgan fingerprint density at radius 1 is 1.09 bits per heavy atom. The number of fused-ring (bicyclic) bond motifs is 1. The predicted octanol–water partition coefficient (Wildman–Crippen LogP) is 2.16. The Bertz CT molecular complexity index is 1160. The molecule has 2 heterocycles. The van der Waals surface area contributed by atoms with Gasteiger partial charge in [0.1, 0.15) is 0 Å². The Morgan fingerprint density at radius 2 is 1.79 bits per heavy atom. The minimum atomic E-state index is -0.181. The lowest BCUT2D eigenvalue weighted by Crippen LogP contribution is -2.36. The summed E-state index contributed by atoms with van der Waals surface area (Å²) in [7, 11) is 4.93. The molecule has 172 valence electrons. The van der Waals surface area contributed by atoms with Gasteiger partial charge in [0.15, 0.2) is 11.5 Å². The highest BCUT2D eigenvalue weighted by Gasteiger charge is 2.23. The van der Waals surface area contributed by atoms with Gasteiger partial charge in [-0.15, -0.1) is 5.10 Å². The smallest absolute Gasteiger partial charge is 0.254 e. The number of aromatic nitrogens is 4. The van der Waals surface area contributed by atoms with Crippen LogP contribution in [0.25, 0.3) is 0 Å². The fourth-order valence-corrected chi connectivity index (χ4v) is 4.26. The van der Waals surface area contributed by atoms with Gasteiger partial charge in [0.2, 0.25) is 11.1 Å². The van der Waals surface area contributed by atoms with Crippen LogP contribution in [0.5, 0.6) is 11.5 Å². The number of hydrogen-bond donors (Lipinski definition) is 1. The zero-order chi connectivity index (χ0) is 23.4. The van der Waals surface area contributed by atoms with Crippen LogP contribution in [0, 0.1) is 0 Å². The van der Waals surface area contributed by atoms with E-state index in [4.69, 9.17) is 9.47 Å². The van der Waals surface area contributed by atoms with Crippen LogP contribution in [0.1, 0.15) is 21.5 Å². The zero-order valence-corrected chi connectivity index (χ0v) is 19.4. The second kappa shape index (κ2) is 9.90. The Balaban J connectivity index is 1.36. The average Bonchev–Trinajstić information content (AvgIpc) is 3.26. The topological polar surface area (TPSA) is 111 Å². The first-order valence-corrected chi connectivity index (χ1v) is 11.2. The highest BCUT2D eigenvalue weighted by atomic mass is 32.2. The van der Waals surface area contributed by atoms with Gasteiger partial charge < -0.3 is 19.7 Å². The molecule has 1 N–H and O–H groups in total. The average molecular weight is 469 g/mol. The van der Waals surface area contributed by atoms with Gasteiger partial charge in [0.25, 0.3) is 5.91 Å². The molecule has 0 spiro atoms. The van der Waals surface area contributed by atoms with Crippen molar-refractivity contribution in [2.75, 3.05) is 31.8 Å². The second-order valence-electron chi connectivity index (χ2n) is 7.45. The number of amides is 2. The van der Waals surface area contributed by atoms with Crippen molar-refractivity contribution in [3.63, 3.8) is 0 Å². The van der Waals surface area contributed by atoms with E-state index in [1.165, 1.54) is 16.4 Å². The number of carbonyl (C=O) groups excluding carboxylic acids is 2. The summed E-state index contributed by atoms with van der Waals surface area (Å²) >= 11 is 1.24. The first-order chi connectivity index (χ1) is 16.0. The van der Waals surface area contributed by atoms with Crippen LogP contribution in [-0.2, 0) is 24.8 Å². The van der Waals surface area contributed by atoms with Gasteiger partial charge in [0.05, 0.1) is 20.0 Å². The van der Waals surface area contributed by atoms with Gasteiger partial charge in [-0.05, 0) is 64.4 Å². The van der Waals surface area contributed by atoms with E-state index in [1.807, 2.05) is 17.0 Å². The van der Waals surface area contributed by atoms with Crippen LogP contribution in [0.4, 0.5) is 5.69 Å². The standard InChI is InChI=1S/C22H24N6O4S/c1-27-22(24-25-26-27)33-13-20(29)23-17-6-4-14(5-7-17)21(30)28-9-8-15-10-18(31-2)19(32-3)11-16(15)12-28/h4-7,10-11H,8-9,12-13H2,1-3H3,(H,23,29). The lowest BCUT2D eigenvalue weighted by Gasteiger charge is -2.29. The van der Waals surface area contributed by atoms with E-state index in [9.17, 15) is 9.59 Å². The summed E-state index contributed by atoms with van der Waals surface area (Å²) in [5.41, 5.74) is 3.39. The third-order valence-corrected chi connectivity index (χ3v) is 6.35. The summed E-state index contributed by atoms with van der Waals surface area (Å²) in [5.74, 6) is 1.29. The molecular formula is C22H24N6O4S. The van der Waals surface area contributed by atoms with Gasteiger partial charge in [-0.25, -0.2) is 4.68 Å². The molecule has 0 unspecified atom stereocenters. The van der Waals surface area contributed by atoms with E-state index in [2.05, 4.69) is 20.8 Å². The fraction of sp³-hybridized carbons (Fsp3) is 0.318. The van der Waals surface area contributed by atoms with E-state index < -0.39 is 0 Å². The zero-order valence-electron chi connectivity index (χ0n) is 18.6. The van der Waals surface area contributed by atoms with Crippen LogP contribution in [0.3, 0.4) is 0 Å². The molecule has 2 amide bonds. The number of nitrogens with one attached hydrogen (secondary N) is 1. The molecular weight excluding hydrogens is 444 g/mol. The number of aryl methyl sites for hydroxylation is 1. The number of rotatable bonds is 7. The van der Waals surface area contributed by atoms with E-state index >= 15 is 0 Å². The van der Waals surface area contributed by atoms with E-state index in [1.54, 1.807) is 45.5 Å². The predicted molar refractivity (Wildman–Crippen MR) is 123 cm³/mol. The second-order valence-corrected chi connectivity index (χ2v) is 8.39. The number of methoxy groups -OCH3 is 2. The number of tetrazole rings is 1. The maximum atomic E-state index is 13.0. The number of benzene rings is 2. The third kappa shape index (κ3) is 5.08. The highest BCUT2D eigenvalue weighted by Crippen LogP contribution is 2.33. The Kier molecular flexibility index (Phi) is 6.78. The number of ether oxygens (including phenoxy) is 2. The lowest BCUT2D eigenvalue weighted by molar-refractivity contribution is -0.113. The van der Waals surface area contributed by atoms with Crippen LogP contribution in [-0.4, -0.2) is 63.4 Å². The third-order valence-electron chi connectivity index (χ3n) is 5.33. The Labute approximate surface area is 195 Å². The van der Waals surface area contributed by atoms with E-state index in [0.717, 1.165) is 17.5 Å². The molecule has 0 radical (unpaired) electrons. The molecule has 1 aliphatic heterocycles. The van der Waals surface area contributed by atoms with E-state index in [0.29, 0.717) is 41.0 Å². The van der Waals surface area contributed by atoms with Crippen molar-refractivity contribution in [3.8, 4) is 11.5 Å². The molecule has 0 bridgehead atoms. The molecule has 3 aromatic rings. The van der Waals surface area contributed by atoms with Gasteiger partial charge in [-0.2, -0.15) is 0 Å². The number of nitrogens with zero attached hydrogens (tertiary/aromatic N) is 5. The molecule has 0 aliphatic carbocycles. The molecule has 0 atom stereocenters. The number of hydrogen-bond acceptors (Lipinski definition) is 8. The number of anilines is 1. The van der Waals surface area contributed by atoms with Crippen molar-refractivity contribution in [2.45, 2.75) is 18.1 Å². The fourth-order valence-electron chi connectivity index (χ4n) is 3.61. The Morgan fingerprint density at radius 3 is 2.42 bits per heavy atom. The Hall–Kier alpha value is -3.60. The van der Waals surface area contributed by atoms with Crippen LogP contribution in [0.15, 0.2) is 41.6 Å². The summed E-state index contributed by atoms with van der Waals surface area (Å²) in [6.07, 6.45) is 0.744. The van der Waals surface area contributed by atoms with Crippen molar-refractivity contribution in [1.82, 2.24) is 25.1 Å². The van der Waals surface area contributed by atoms with Crippen molar-refractivity contribution >= 4 is 29.3 Å². The summed E-state index contributed by atoms with van der Waals surface area (Å²) < 4.78 is 12.3. The summed E-state index contributed by atoms with van der Waals surface area (Å²) in [5, 5.41) is 14.5. The van der Waals surface area contributed by atoms with Gasteiger partial charge in [0, 0.05) is 31.4 Å². The van der Waals surface area contributed by atoms with Crippen molar-refractivity contribution in [2.24, 2.45) is 7.05 Å². The molecule has 2 aromatic carbocycles. The maximum absolute atomic E-state index is 13.0. The SMILES string of the molecule is COc1cc2c(cc1OC)CN(C(=O)c1ccc(NC(=O)CSc3nnnn3C)cc1)CC2. The van der Waals surface area contributed by atoms with Crippen molar-refractivity contribution in [1.29, 1.82) is 0 Å². The molecule has 1 aromatic heterocycles. The van der Waals surface area contributed by atoms with Crippen LogP contribution < -0.4 is 14.8 Å². The maximum Gasteiger partial charge on any atom is 0.254 e. The van der Waals surface area contributed by atoms with Gasteiger partial charge in [-0.1, -0.05) is 11.8 Å². The molecule has 33 heavy (non-hydrogen) atoms. The normalized spacial score (nSPS) is 12.8. The first kappa shape index (κ1) is 22.6. The highest BCUT2D eigenvalue weighted by molar-refractivity contribution is 7.99. The van der Waals surface area contributed by atoms with Crippen molar-refractivity contribution in [3.05, 3.63) is 53.1 Å². The summed E-state index contributed by atoms with van der Waals surface area (Å²) in [6, 6.07) is 10.8. The van der Waals surface area contributed by atoms with Crippen LogP contribution in [0.2, 0.25) is 0 Å². The minimum Gasteiger partial charge on any atom is -0.493 e. The summed E-state index contributed by atoms with van der Waals surface area (Å²) in [6.45, 7) is 1.12. The molecule has 0 saturated carbocycles. The molecule has 11 heteroatoms. The largest absolute Gasteiger partial charge is 0.493 e. The minimum absolute atomic E-state index is 0.0568. The van der Waals surface area contributed by atoms with Crippen molar-refractivity contribution < 1.29 is 19.1 Å². The quantitative estimate of drug-likeness (QED) is 0.525. The number of carbonyl (C=O) groups is 2. The van der Waals surface area contributed by atoms with Gasteiger partial charge >= 0.3 is 0 Å². The molecule has 1 aliphatic rings. The first-order valence-electron chi connectivity index (χ1n) is 10.3. The molecule has 0 saturated heterocycles. The molecule has 0 fully saturated rings. The molecule has 10 nitrogen and oxygen atoms in total. The van der Waals surface area contributed by atoms with Gasteiger partial charge in [-0.3, -0.25) is 9.59 Å². The monoisotopic (exact) mass is 468 g/mol. The summed E-state index contributed by atoms with van der Waals surface area (Å²) in [4.78, 5) is 27.1. The molecule has 4 rings (SSSR count). The lowest BCUT2D eigenvalue weighted by atomic mass is 9.98.